The van der Waals surface area contributed by atoms with Crippen molar-refractivity contribution in [1.29, 1.82) is 5.26 Å². The monoisotopic (exact) mass is 225 g/mol. The van der Waals surface area contributed by atoms with Crippen LogP contribution in [0.5, 0.6) is 0 Å². The van der Waals surface area contributed by atoms with E-state index in [9.17, 15) is 4.79 Å². The summed E-state index contributed by atoms with van der Waals surface area (Å²) in [5.74, 6) is -0.353. The van der Waals surface area contributed by atoms with Gasteiger partial charge in [-0.15, -0.1) is 0 Å². The summed E-state index contributed by atoms with van der Waals surface area (Å²) in [4.78, 5) is 12.6. The van der Waals surface area contributed by atoms with Crippen LogP contribution in [0.2, 0.25) is 0 Å². The van der Waals surface area contributed by atoms with E-state index < -0.39 is 5.97 Å². The fourth-order valence-electron chi connectivity index (χ4n) is 2.28. The summed E-state index contributed by atoms with van der Waals surface area (Å²) in [6.07, 6.45) is 1.93. The summed E-state index contributed by atoms with van der Waals surface area (Å²) in [5, 5.41) is 20.5. The van der Waals surface area contributed by atoms with Gasteiger partial charge in [0.1, 0.15) is 0 Å². The number of piperidine rings is 1. The van der Waals surface area contributed by atoms with E-state index in [0.717, 1.165) is 19.5 Å². The Morgan fingerprint density at radius 3 is 2.94 bits per heavy atom. The molecule has 1 aliphatic rings. The minimum absolute atomic E-state index is 0.224. The van der Waals surface area contributed by atoms with E-state index in [4.69, 9.17) is 10.4 Å². The van der Waals surface area contributed by atoms with E-state index in [1.165, 1.54) is 0 Å². The number of rotatable bonds is 5. The van der Waals surface area contributed by atoms with Gasteiger partial charge in [0.25, 0.3) is 0 Å². The Morgan fingerprint density at radius 2 is 2.38 bits per heavy atom. The Hall–Kier alpha value is -1.12. The Morgan fingerprint density at radius 1 is 1.62 bits per heavy atom. The highest BCUT2D eigenvalue weighted by Gasteiger charge is 2.26. The van der Waals surface area contributed by atoms with E-state index in [1.807, 2.05) is 7.05 Å². The van der Waals surface area contributed by atoms with Gasteiger partial charge in [-0.05, 0) is 25.8 Å². The number of carboxylic acid groups (broad SMARTS) is 1. The first-order valence-electron chi connectivity index (χ1n) is 5.64. The third-order valence-electron chi connectivity index (χ3n) is 3.08. The lowest BCUT2D eigenvalue weighted by atomic mass is 9.90. The smallest absolute Gasteiger partial charge is 0.303 e. The lowest BCUT2D eigenvalue weighted by molar-refractivity contribution is -0.137. The fraction of sp³-hybridized carbons (Fsp3) is 0.818. The van der Waals surface area contributed by atoms with Crippen molar-refractivity contribution in [3.05, 3.63) is 0 Å². The molecule has 0 aromatic rings. The van der Waals surface area contributed by atoms with E-state index in [0.29, 0.717) is 24.9 Å². The van der Waals surface area contributed by atoms with Crippen LogP contribution in [0, 0.1) is 17.2 Å². The van der Waals surface area contributed by atoms with E-state index in [-0.39, 0.29) is 6.42 Å². The molecule has 1 fully saturated rings. The first-order chi connectivity index (χ1) is 7.65. The molecule has 5 nitrogen and oxygen atoms in total. The molecular formula is C11H19N3O2. The molecule has 1 heterocycles. The Kier molecular flexibility index (Phi) is 5.23. The molecule has 1 aliphatic heterocycles. The number of nitriles is 1. The lowest BCUT2D eigenvalue weighted by Gasteiger charge is -2.36. The predicted octanol–water partition coefficient (Wildman–Crippen LogP) is 0.285. The van der Waals surface area contributed by atoms with Gasteiger partial charge >= 0.3 is 5.97 Å². The van der Waals surface area contributed by atoms with Crippen LogP contribution in [-0.2, 0) is 4.79 Å². The van der Waals surface area contributed by atoms with Crippen molar-refractivity contribution in [2.45, 2.75) is 25.3 Å². The Labute approximate surface area is 96.0 Å². The van der Waals surface area contributed by atoms with Crippen molar-refractivity contribution in [1.82, 2.24) is 10.2 Å². The van der Waals surface area contributed by atoms with Crippen molar-refractivity contribution in [2.75, 3.05) is 26.7 Å². The normalized spacial score (nSPS) is 26.2. The molecule has 2 unspecified atom stereocenters. The molecule has 2 atom stereocenters. The summed E-state index contributed by atoms with van der Waals surface area (Å²) in [7, 11) is 1.91. The van der Waals surface area contributed by atoms with Crippen LogP contribution < -0.4 is 5.32 Å². The quantitative estimate of drug-likeness (QED) is 0.657. The molecule has 0 bridgehead atoms. The molecule has 2 N–H and O–H groups in total. The minimum atomic E-state index is -0.738. The predicted molar refractivity (Wildman–Crippen MR) is 59.9 cm³/mol. The molecule has 16 heavy (non-hydrogen) atoms. The van der Waals surface area contributed by atoms with Crippen molar-refractivity contribution >= 4 is 5.97 Å². The molecule has 5 heteroatoms. The fourth-order valence-corrected chi connectivity index (χ4v) is 2.28. The summed E-state index contributed by atoms with van der Waals surface area (Å²) >= 11 is 0. The molecular weight excluding hydrogens is 206 g/mol. The number of aliphatic carboxylic acids is 1. The maximum absolute atomic E-state index is 10.5. The summed E-state index contributed by atoms with van der Waals surface area (Å²) in [5.41, 5.74) is 0. The van der Waals surface area contributed by atoms with Gasteiger partial charge in [-0.1, -0.05) is 0 Å². The van der Waals surface area contributed by atoms with Crippen LogP contribution in [0.3, 0.4) is 0 Å². The van der Waals surface area contributed by atoms with Crippen molar-refractivity contribution in [3.63, 3.8) is 0 Å². The highest BCUT2D eigenvalue weighted by Crippen LogP contribution is 2.21. The van der Waals surface area contributed by atoms with Gasteiger partial charge in [0.05, 0.1) is 12.6 Å². The third-order valence-corrected chi connectivity index (χ3v) is 3.08. The Bertz CT molecular complexity index is 275. The zero-order valence-electron chi connectivity index (χ0n) is 9.65. The number of nitrogens with one attached hydrogen (secondary N) is 1. The van der Waals surface area contributed by atoms with Crippen molar-refractivity contribution in [2.24, 2.45) is 5.92 Å². The molecule has 0 saturated carbocycles. The maximum atomic E-state index is 10.5. The number of likely N-dealkylation sites (N-methyl/N-ethyl adjacent to an activating group) is 1. The second-order valence-electron chi connectivity index (χ2n) is 4.37. The Balaban J connectivity index is 2.44. The molecule has 0 radical (unpaired) electrons. The van der Waals surface area contributed by atoms with Crippen LogP contribution >= 0.6 is 0 Å². The van der Waals surface area contributed by atoms with Crippen LogP contribution in [-0.4, -0.2) is 48.7 Å². The zero-order chi connectivity index (χ0) is 12.0. The summed E-state index contributed by atoms with van der Waals surface area (Å²) in [6.45, 7) is 2.16. The van der Waals surface area contributed by atoms with E-state index in [1.54, 1.807) is 0 Å². The molecule has 0 aliphatic carbocycles. The van der Waals surface area contributed by atoms with Gasteiger partial charge in [0.2, 0.25) is 0 Å². The summed E-state index contributed by atoms with van der Waals surface area (Å²) in [6, 6.07) is 2.53. The zero-order valence-corrected chi connectivity index (χ0v) is 9.65. The van der Waals surface area contributed by atoms with Gasteiger partial charge < -0.3 is 10.4 Å². The highest BCUT2D eigenvalue weighted by atomic mass is 16.4. The van der Waals surface area contributed by atoms with Crippen molar-refractivity contribution < 1.29 is 9.90 Å². The van der Waals surface area contributed by atoms with E-state index >= 15 is 0 Å². The summed E-state index contributed by atoms with van der Waals surface area (Å²) < 4.78 is 0. The molecule has 0 aromatic heterocycles. The highest BCUT2D eigenvalue weighted by molar-refractivity contribution is 5.66. The number of likely N-dealkylation sites (tertiary alicyclic amines) is 1. The van der Waals surface area contributed by atoms with Crippen LogP contribution in [0.4, 0.5) is 0 Å². The first kappa shape index (κ1) is 12.9. The first-order valence-corrected chi connectivity index (χ1v) is 5.64. The number of hydrogen-bond donors (Lipinski definition) is 2. The van der Waals surface area contributed by atoms with Crippen molar-refractivity contribution in [3.8, 4) is 6.07 Å². The van der Waals surface area contributed by atoms with Gasteiger partial charge in [-0.3, -0.25) is 9.69 Å². The lowest BCUT2D eigenvalue weighted by Crippen LogP contribution is -2.48. The average molecular weight is 225 g/mol. The molecule has 1 saturated heterocycles. The third kappa shape index (κ3) is 4.17. The van der Waals surface area contributed by atoms with Gasteiger partial charge in [-0.25, -0.2) is 0 Å². The van der Waals surface area contributed by atoms with E-state index in [2.05, 4.69) is 16.3 Å². The molecule has 1 rings (SSSR count). The SMILES string of the molecule is CNC1CC(CCC(=O)O)CN(CC#N)C1. The second kappa shape index (κ2) is 6.46. The average Bonchev–Trinajstić information content (AvgIpc) is 2.26. The second-order valence-corrected chi connectivity index (χ2v) is 4.37. The molecule has 0 spiro atoms. The van der Waals surface area contributed by atoms with Gasteiger partial charge in [0, 0.05) is 25.6 Å². The molecule has 0 amide bonds. The molecule has 0 aromatic carbocycles. The van der Waals surface area contributed by atoms with Gasteiger partial charge in [-0.2, -0.15) is 5.26 Å². The standard InChI is InChI=1S/C11H19N3O2/c1-13-10-6-9(2-3-11(15)16)7-14(8-10)5-4-12/h9-10,13H,2-3,5-8H2,1H3,(H,15,16). The topological polar surface area (TPSA) is 76.4 Å². The maximum Gasteiger partial charge on any atom is 0.303 e. The van der Waals surface area contributed by atoms with Crippen LogP contribution in [0.25, 0.3) is 0 Å². The van der Waals surface area contributed by atoms with Crippen LogP contribution in [0.1, 0.15) is 19.3 Å². The number of nitrogens with zero attached hydrogens (tertiary/aromatic N) is 2. The van der Waals surface area contributed by atoms with Crippen LogP contribution in [0.15, 0.2) is 0 Å². The largest absolute Gasteiger partial charge is 0.481 e. The minimum Gasteiger partial charge on any atom is -0.481 e. The number of carbonyl (C=O) groups is 1. The molecule has 90 valence electrons. The number of carboxylic acids is 1. The number of hydrogen-bond acceptors (Lipinski definition) is 4. The van der Waals surface area contributed by atoms with Gasteiger partial charge in [0.15, 0.2) is 0 Å².